The van der Waals surface area contributed by atoms with E-state index in [4.69, 9.17) is 4.74 Å². The molecule has 0 bridgehead atoms. The van der Waals surface area contributed by atoms with E-state index < -0.39 is 5.82 Å². The highest BCUT2D eigenvalue weighted by molar-refractivity contribution is 5.94. The van der Waals surface area contributed by atoms with Crippen LogP contribution in [0.5, 0.6) is 0 Å². The Hall–Kier alpha value is -2.84. The predicted molar refractivity (Wildman–Crippen MR) is 115 cm³/mol. The van der Waals surface area contributed by atoms with Crippen LogP contribution in [-0.2, 0) is 9.53 Å². The summed E-state index contributed by atoms with van der Waals surface area (Å²) in [5, 5.41) is 0. The number of benzene rings is 2. The fourth-order valence-corrected chi connectivity index (χ4v) is 4.18. The van der Waals surface area contributed by atoms with E-state index in [9.17, 15) is 18.4 Å². The van der Waals surface area contributed by atoms with E-state index in [0.29, 0.717) is 51.4 Å². The zero-order chi connectivity index (χ0) is 22.5. The summed E-state index contributed by atoms with van der Waals surface area (Å²) in [7, 11) is 0. The Bertz CT molecular complexity index is 954. The quantitative estimate of drug-likeness (QED) is 0.729. The van der Waals surface area contributed by atoms with Crippen LogP contribution in [-0.4, -0.2) is 78.9 Å². The van der Waals surface area contributed by atoms with Crippen molar-refractivity contribution in [3.05, 3.63) is 71.3 Å². The van der Waals surface area contributed by atoms with E-state index in [0.717, 1.165) is 12.0 Å². The van der Waals surface area contributed by atoms with Gasteiger partial charge in [-0.2, -0.15) is 0 Å². The summed E-state index contributed by atoms with van der Waals surface area (Å²) in [6.07, 6.45) is 0.479. The minimum atomic E-state index is -0.428. The zero-order valence-corrected chi connectivity index (χ0v) is 17.9. The van der Waals surface area contributed by atoms with Crippen LogP contribution in [0.15, 0.2) is 48.5 Å². The third-order valence-electron chi connectivity index (χ3n) is 5.97. The maximum absolute atomic E-state index is 13.5. The first-order valence-corrected chi connectivity index (χ1v) is 10.9. The van der Waals surface area contributed by atoms with Crippen molar-refractivity contribution < 1.29 is 23.1 Å². The minimum Gasteiger partial charge on any atom is -0.370 e. The molecule has 2 aliphatic rings. The Labute approximate surface area is 186 Å². The Morgan fingerprint density at radius 2 is 1.72 bits per heavy atom. The molecule has 2 amide bonds. The largest absolute Gasteiger partial charge is 0.370 e. The lowest BCUT2D eigenvalue weighted by molar-refractivity contribution is -0.140. The van der Waals surface area contributed by atoms with Gasteiger partial charge in [0.25, 0.3) is 5.91 Å². The second kappa shape index (κ2) is 10.2. The van der Waals surface area contributed by atoms with Crippen LogP contribution in [0.25, 0.3) is 0 Å². The number of amides is 2. The molecule has 2 heterocycles. The number of ether oxygens (including phenoxy) is 1. The summed E-state index contributed by atoms with van der Waals surface area (Å²) >= 11 is 0. The van der Waals surface area contributed by atoms with E-state index in [1.807, 2.05) is 0 Å². The lowest BCUT2D eigenvalue weighted by Gasteiger charge is -2.34. The Morgan fingerprint density at radius 1 is 0.906 bits per heavy atom. The summed E-state index contributed by atoms with van der Waals surface area (Å²) in [5.74, 6) is -0.899. The second-order valence-electron chi connectivity index (χ2n) is 8.18. The van der Waals surface area contributed by atoms with Gasteiger partial charge in [-0.05, 0) is 42.3 Å². The molecule has 0 aliphatic carbocycles. The van der Waals surface area contributed by atoms with Crippen LogP contribution in [0.3, 0.4) is 0 Å². The molecule has 2 saturated heterocycles. The number of nitrogens with zero attached hydrogens (tertiary/aromatic N) is 3. The summed E-state index contributed by atoms with van der Waals surface area (Å²) in [4.78, 5) is 31.2. The van der Waals surface area contributed by atoms with Gasteiger partial charge in [0.1, 0.15) is 17.7 Å². The van der Waals surface area contributed by atoms with E-state index in [1.165, 1.54) is 30.3 Å². The van der Waals surface area contributed by atoms with Crippen LogP contribution in [0, 0.1) is 11.6 Å². The molecular weight excluding hydrogens is 416 g/mol. The average molecular weight is 443 g/mol. The Kier molecular flexibility index (Phi) is 7.12. The number of hydrogen-bond donors (Lipinski definition) is 0. The molecule has 4 rings (SSSR count). The van der Waals surface area contributed by atoms with Crippen molar-refractivity contribution in [2.24, 2.45) is 0 Å². The first-order valence-electron chi connectivity index (χ1n) is 10.9. The summed E-state index contributed by atoms with van der Waals surface area (Å²) < 4.78 is 32.4. The highest BCUT2D eigenvalue weighted by atomic mass is 19.1. The lowest BCUT2D eigenvalue weighted by Crippen LogP contribution is -2.47. The number of morpholine rings is 1. The molecule has 32 heavy (non-hydrogen) atoms. The van der Waals surface area contributed by atoms with Crippen LogP contribution >= 0.6 is 0 Å². The van der Waals surface area contributed by atoms with Gasteiger partial charge in [-0.1, -0.05) is 18.2 Å². The lowest BCUT2D eigenvalue weighted by atomic mass is 10.1. The Balaban J connectivity index is 1.31. The van der Waals surface area contributed by atoms with Crippen LogP contribution in [0.2, 0.25) is 0 Å². The molecule has 0 radical (unpaired) electrons. The predicted octanol–water partition coefficient (Wildman–Crippen LogP) is 2.71. The number of carbonyl (C=O) groups excluding carboxylic acids is 2. The third-order valence-corrected chi connectivity index (χ3v) is 5.97. The van der Waals surface area contributed by atoms with Crippen molar-refractivity contribution in [2.45, 2.75) is 12.5 Å². The summed E-state index contributed by atoms with van der Waals surface area (Å²) in [5.41, 5.74) is 1.19. The summed E-state index contributed by atoms with van der Waals surface area (Å²) in [6.45, 7) is 4.02. The van der Waals surface area contributed by atoms with Gasteiger partial charge in [0.05, 0.1) is 19.7 Å². The molecule has 170 valence electrons. The van der Waals surface area contributed by atoms with Crippen molar-refractivity contribution in [1.82, 2.24) is 14.7 Å². The molecule has 8 heteroatoms. The molecule has 2 aromatic rings. The van der Waals surface area contributed by atoms with Crippen molar-refractivity contribution in [3.8, 4) is 0 Å². The zero-order valence-electron chi connectivity index (χ0n) is 17.9. The van der Waals surface area contributed by atoms with Crippen molar-refractivity contribution in [2.75, 3.05) is 52.4 Å². The number of rotatable bonds is 4. The normalized spacial score (nSPS) is 20.1. The molecule has 1 atom stereocenters. The molecule has 0 saturated carbocycles. The number of carbonyl (C=O) groups is 2. The molecule has 2 fully saturated rings. The van der Waals surface area contributed by atoms with Crippen molar-refractivity contribution >= 4 is 11.8 Å². The molecule has 6 nitrogen and oxygen atoms in total. The highest BCUT2D eigenvalue weighted by Gasteiger charge is 2.28. The van der Waals surface area contributed by atoms with Crippen molar-refractivity contribution in [3.63, 3.8) is 0 Å². The van der Waals surface area contributed by atoms with Gasteiger partial charge < -0.3 is 14.5 Å². The van der Waals surface area contributed by atoms with Gasteiger partial charge in [-0.3, -0.25) is 14.5 Å². The van der Waals surface area contributed by atoms with Gasteiger partial charge in [0, 0.05) is 38.3 Å². The minimum absolute atomic E-state index is 0.0188. The number of halogens is 2. The fraction of sp³-hybridized carbons (Fsp3) is 0.417. The first kappa shape index (κ1) is 22.4. The summed E-state index contributed by atoms with van der Waals surface area (Å²) in [6, 6.07) is 11.9. The molecule has 2 aliphatic heterocycles. The highest BCUT2D eigenvalue weighted by Crippen LogP contribution is 2.23. The fourth-order valence-electron chi connectivity index (χ4n) is 4.18. The van der Waals surface area contributed by atoms with Crippen LogP contribution in [0.4, 0.5) is 8.78 Å². The molecular formula is C24H27F2N3O3. The van der Waals surface area contributed by atoms with Gasteiger partial charge in [0.2, 0.25) is 5.91 Å². The third kappa shape index (κ3) is 5.49. The molecule has 0 aromatic heterocycles. The van der Waals surface area contributed by atoms with Crippen LogP contribution in [0.1, 0.15) is 28.4 Å². The smallest absolute Gasteiger partial charge is 0.254 e. The van der Waals surface area contributed by atoms with E-state index in [1.54, 1.807) is 28.0 Å². The Morgan fingerprint density at radius 3 is 2.50 bits per heavy atom. The molecule has 1 unspecified atom stereocenters. The van der Waals surface area contributed by atoms with E-state index in [-0.39, 0.29) is 30.3 Å². The number of hydrogen-bond acceptors (Lipinski definition) is 4. The maximum atomic E-state index is 13.5. The van der Waals surface area contributed by atoms with E-state index in [2.05, 4.69) is 4.90 Å². The second-order valence-corrected chi connectivity index (χ2v) is 8.18. The topological polar surface area (TPSA) is 53.1 Å². The van der Waals surface area contributed by atoms with Crippen molar-refractivity contribution in [1.29, 1.82) is 0 Å². The SMILES string of the molecule is O=C(CN1CCCN(C(=O)c2cccc(F)c2)CC1)N1CCOC(c2ccc(F)cc2)C1. The molecule has 0 N–H and O–H groups in total. The van der Waals surface area contributed by atoms with Crippen LogP contribution < -0.4 is 0 Å². The first-order chi connectivity index (χ1) is 15.5. The van der Waals surface area contributed by atoms with Gasteiger partial charge in [0.15, 0.2) is 0 Å². The molecule has 0 spiro atoms. The standard InChI is InChI=1S/C24H27F2N3O3/c25-20-7-5-18(6-8-20)22-16-29(13-14-32-22)23(30)17-27-9-2-10-28(12-11-27)24(31)19-3-1-4-21(26)15-19/h1,3-8,15,22H,2,9-14,16-17H2. The van der Waals surface area contributed by atoms with Gasteiger partial charge >= 0.3 is 0 Å². The van der Waals surface area contributed by atoms with Gasteiger partial charge in [-0.25, -0.2) is 8.78 Å². The van der Waals surface area contributed by atoms with E-state index >= 15 is 0 Å². The molecule has 2 aromatic carbocycles. The maximum Gasteiger partial charge on any atom is 0.254 e. The van der Waals surface area contributed by atoms with Gasteiger partial charge in [-0.15, -0.1) is 0 Å². The monoisotopic (exact) mass is 443 g/mol. The average Bonchev–Trinajstić information content (AvgIpc) is 3.05.